The van der Waals surface area contributed by atoms with Crippen molar-refractivity contribution in [2.24, 2.45) is 0 Å². The molecule has 0 radical (unpaired) electrons. The highest BCUT2D eigenvalue weighted by atomic mass is 16.5. The molecule has 0 aliphatic carbocycles. The Morgan fingerprint density at radius 2 is 1.62 bits per heavy atom. The number of ether oxygens (including phenoxy) is 3. The van der Waals surface area contributed by atoms with E-state index in [0.717, 1.165) is 0 Å². The van der Waals surface area contributed by atoms with Crippen molar-refractivity contribution < 1.29 is 19.0 Å². The number of pyridine rings is 1. The van der Waals surface area contributed by atoms with Crippen LogP contribution in [0.2, 0.25) is 0 Å². The van der Waals surface area contributed by atoms with Crippen molar-refractivity contribution in [3.05, 3.63) is 58.4 Å². The van der Waals surface area contributed by atoms with Gasteiger partial charge >= 0.3 is 0 Å². The first-order valence-corrected chi connectivity index (χ1v) is 7.80. The number of hydrogen-bond donors (Lipinski definition) is 2. The molecule has 2 aromatic carbocycles. The summed E-state index contributed by atoms with van der Waals surface area (Å²) in [6.07, 6.45) is 0. The standard InChI is InChI=1S/C19H18N2O5/c1-24-15-8-11(9-16(25-2)18(15)26-3)20-19(23)13-10-17(22)21-14-7-5-4-6-12(13)14/h4-10H,1-3H3,(H,20,23)(H,21,22). The van der Waals surface area contributed by atoms with Gasteiger partial charge in [0.05, 0.1) is 26.9 Å². The number of nitrogens with one attached hydrogen (secondary N) is 2. The topological polar surface area (TPSA) is 89.7 Å². The molecule has 3 aromatic rings. The summed E-state index contributed by atoms with van der Waals surface area (Å²) in [5, 5.41) is 3.42. The summed E-state index contributed by atoms with van der Waals surface area (Å²) in [7, 11) is 4.49. The predicted octanol–water partition coefficient (Wildman–Crippen LogP) is 2.81. The molecule has 0 saturated heterocycles. The molecular formula is C19H18N2O5. The lowest BCUT2D eigenvalue weighted by Crippen LogP contribution is -2.17. The lowest BCUT2D eigenvalue weighted by Gasteiger charge is -2.15. The van der Waals surface area contributed by atoms with Crippen molar-refractivity contribution in [1.29, 1.82) is 0 Å². The molecule has 0 bridgehead atoms. The number of methoxy groups -OCH3 is 3. The van der Waals surface area contributed by atoms with Gasteiger partial charge in [-0.3, -0.25) is 9.59 Å². The summed E-state index contributed by atoms with van der Waals surface area (Å²) in [4.78, 5) is 27.3. The number of aromatic nitrogens is 1. The molecule has 0 unspecified atom stereocenters. The van der Waals surface area contributed by atoms with Crippen LogP contribution in [-0.2, 0) is 0 Å². The van der Waals surface area contributed by atoms with Crippen LogP contribution in [0, 0.1) is 0 Å². The Bertz CT molecular complexity index is 1000. The van der Waals surface area contributed by atoms with Crippen LogP contribution < -0.4 is 25.1 Å². The van der Waals surface area contributed by atoms with Gasteiger partial charge < -0.3 is 24.5 Å². The molecule has 1 heterocycles. The SMILES string of the molecule is COc1cc(NC(=O)c2cc(=O)[nH]c3ccccc23)cc(OC)c1OC. The zero-order valence-corrected chi connectivity index (χ0v) is 14.6. The Hall–Kier alpha value is -3.48. The van der Waals surface area contributed by atoms with Crippen LogP contribution in [0.25, 0.3) is 10.9 Å². The van der Waals surface area contributed by atoms with Crippen LogP contribution in [0.4, 0.5) is 5.69 Å². The Morgan fingerprint density at radius 1 is 0.962 bits per heavy atom. The normalized spacial score (nSPS) is 10.4. The van der Waals surface area contributed by atoms with Crippen molar-refractivity contribution in [3.8, 4) is 17.2 Å². The summed E-state index contributed by atoms with van der Waals surface area (Å²) < 4.78 is 15.8. The average Bonchev–Trinajstić information content (AvgIpc) is 2.66. The zero-order valence-electron chi connectivity index (χ0n) is 14.6. The summed E-state index contributed by atoms with van der Waals surface area (Å²) in [5.74, 6) is 0.840. The van der Waals surface area contributed by atoms with Gasteiger partial charge in [-0.2, -0.15) is 0 Å². The molecule has 0 spiro atoms. The van der Waals surface area contributed by atoms with Gasteiger partial charge in [0.15, 0.2) is 11.5 Å². The second-order valence-electron chi connectivity index (χ2n) is 5.46. The Labute approximate surface area is 149 Å². The van der Waals surface area contributed by atoms with Crippen LogP contribution >= 0.6 is 0 Å². The number of benzene rings is 2. The van der Waals surface area contributed by atoms with Gasteiger partial charge in [-0.05, 0) is 6.07 Å². The molecule has 1 amide bonds. The van der Waals surface area contributed by atoms with E-state index in [9.17, 15) is 9.59 Å². The summed E-state index contributed by atoms with van der Waals surface area (Å²) in [6, 6.07) is 11.6. The van der Waals surface area contributed by atoms with Crippen molar-refractivity contribution in [2.75, 3.05) is 26.6 Å². The number of anilines is 1. The molecule has 26 heavy (non-hydrogen) atoms. The van der Waals surface area contributed by atoms with E-state index in [4.69, 9.17) is 14.2 Å². The minimum Gasteiger partial charge on any atom is -0.493 e. The lowest BCUT2D eigenvalue weighted by molar-refractivity contribution is 0.102. The monoisotopic (exact) mass is 354 g/mol. The molecule has 134 valence electrons. The van der Waals surface area contributed by atoms with Crippen molar-refractivity contribution in [3.63, 3.8) is 0 Å². The van der Waals surface area contributed by atoms with Crippen molar-refractivity contribution in [2.45, 2.75) is 0 Å². The summed E-state index contributed by atoms with van der Waals surface area (Å²) in [6.45, 7) is 0. The number of H-pyrrole nitrogens is 1. The molecule has 0 aliphatic heterocycles. The number of rotatable bonds is 5. The number of para-hydroxylation sites is 1. The van der Waals surface area contributed by atoms with E-state index in [1.165, 1.54) is 27.4 Å². The van der Waals surface area contributed by atoms with Gasteiger partial charge in [0, 0.05) is 34.8 Å². The second-order valence-corrected chi connectivity index (χ2v) is 5.46. The smallest absolute Gasteiger partial charge is 0.256 e. The fraction of sp³-hybridized carbons (Fsp3) is 0.158. The van der Waals surface area contributed by atoms with Gasteiger partial charge in [0.1, 0.15) is 0 Å². The third kappa shape index (κ3) is 3.19. The zero-order chi connectivity index (χ0) is 18.7. The van der Waals surface area contributed by atoms with Crippen LogP contribution in [0.3, 0.4) is 0 Å². The fourth-order valence-corrected chi connectivity index (χ4v) is 2.74. The van der Waals surface area contributed by atoms with Gasteiger partial charge in [0.25, 0.3) is 5.91 Å². The second kappa shape index (κ2) is 7.18. The van der Waals surface area contributed by atoms with Gasteiger partial charge in [-0.15, -0.1) is 0 Å². The number of carbonyl (C=O) groups excluding carboxylic acids is 1. The van der Waals surface area contributed by atoms with E-state index in [-0.39, 0.29) is 11.1 Å². The van der Waals surface area contributed by atoms with Crippen LogP contribution in [0.5, 0.6) is 17.2 Å². The molecule has 0 aliphatic rings. The fourth-order valence-electron chi connectivity index (χ4n) is 2.74. The maximum atomic E-state index is 12.8. The Kier molecular flexibility index (Phi) is 4.79. The largest absolute Gasteiger partial charge is 0.493 e. The number of aromatic amines is 1. The quantitative estimate of drug-likeness (QED) is 0.735. The Balaban J connectivity index is 2.02. The molecule has 0 fully saturated rings. The highest BCUT2D eigenvalue weighted by Crippen LogP contribution is 2.40. The molecule has 7 nitrogen and oxygen atoms in total. The van der Waals surface area contributed by atoms with Crippen LogP contribution in [-0.4, -0.2) is 32.2 Å². The molecular weight excluding hydrogens is 336 g/mol. The highest BCUT2D eigenvalue weighted by Gasteiger charge is 2.16. The first-order chi connectivity index (χ1) is 12.6. The van der Waals surface area contributed by atoms with E-state index >= 15 is 0 Å². The van der Waals surface area contributed by atoms with Gasteiger partial charge in [-0.25, -0.2) is 0 Å². The molecule has 2 N–H and O–H groups in total. The number of amides is 1. The molecule has 3 rings (SSSR count). The lowest BCUT2D eigenvalue weighted by atomic mass is 10.1. The van der Waals surface area contributed by atoms with E-state index in [0.29, 0.717) is 33.8 Å². The first kappa shape index (κ1) is 17.3. The van der Waals surface area contributed by atoms with E-state index in [1.807, 2.05) is 0 Å². The Morgan fingerprint density at radius 3 is 2.23 bits per heavy atom. The summed E-state index contributed by atoms with van der Waals surface area (Å²) in [5.41, 5.74) is 0.973. The first-order valence-electron chi connectivity index (χ1n) is 7.80. The predicted molar refractivity (Wildman–Crippen MR) is 98.6 cm³/mol. The third-order valence-electron chi connectivity index (χ3n) is 3.92. The van der Waals surface area contributed by atoms with Crippen molar-refractivity contribution >= 4 is 22.5 Å². The number of fused-ring (bicyclic) bond motifs is 1. The van der Waals surface area contributed by atoms with Crippen molar-refractivity contribution in [1.82, 2.24) is 4.98 Å². The van der Waals surface area contributed by atoms with Crippen LogP contribution in [0.1, 0.15) is 10.4 Å². The van der Waals surface area contributed by atoms with Crippen LogP contribution in [0.15, 0.2) is 47.3 Å². The molecule has 7 heteroatoms. The van der Waals surface area contributed by atoms with E-state index < -0.39 is 5.91 Å². The maximum Gasteiger partial charge on any atom is 0.256 e. The third-order valence-corrected chi connectivity index (χ3v) is 3.92. The number of hydrogen-bond acceptors (Lipinski definition) is 5. The van der Waals surface area contributed by atoms with Gasteiger partial charge in [-0.1, -0.05) is 18.2 Å². The van der Waals surface area contributed by atoms with Gasteiger partial charge in [0.2, 0.25) is 11.3 Å². The van der Waals surface area contributed by atoms with E-state index in [2.05, 4.69) is 10.3 Å². The minimum atomic E-state index is -0.415. The minimum absolute atomic E-state index is 0.276. The molecule has 1 aromatic heterocycles. The average molecular weight is 354 g/mol. The maximum absolute atomic E-state index is 12.8. The summed E-state index contributed by atoms with van der Waals surface area (Å²) >= 11 is 0. The molecule has 0 atom stereocenters. The molecule has 0 saturated carbocycles. The number of carbonyl (C=O) groups is 1. The highest BCUT2D eigenvalue weighted by molar-refractivity contribution is 6.12. The van der Waals surface area contributed by atoms with E-state index in [1.54, 1.807) is 36.4 Å².